The third-order valence-corrected chi connectivity index (χ3v) is 6.79. The first-order chi connectivity index (χ1) is 16.5. The molecule has 2 aromatic rings. The largest absolute Gasteiger partial charge is 0.487 e. The van der Waals surface area contributed by atoms with Gasteiger partial charge in [0.2, 0.25) is 6.41 Å². The Morgan fingerprint density at radius 1 is 1.24 bits per heavy atom. The number of aromatic nitrogens is 2. The molecule has 1 saturated heterocycles. The van der Waals surface area contributed by atoms with Gasteiger partial charge in [-0.2, -0.15) is 5.10 Å². The molecule has 34 heavy (non-hydrogen) atoms. The number of carbonyl (C=O) groups excluding carboxylic acids is 1. The number of piperidine rings is 1. The first-order valence-corrected chi connectivity index (χ1v) is 12.6. The summed E-state index contributed by atoms with van der Waals surface area (Å²) >= 11 is 0. The van der Waals surface area contributed by atoms with Gasteiger partial charge in [-0.05, 0) is 58.2 Å². The van der Waals surface area contributed by atoms with Crippen LogP contribution in [0.4, 0.5) is 0 Å². The molecule has 6 nitrogen and oxygen atoms in total. The molecule has 6 heteroatoms. The van der Waals surface area contributed by atoms with E-state index in [9.17, 15) is 4.79 Å². The predicted molar refractivity (Wildman–Crippen MR) is 137 cm³/mol. The highest BCUT2D eigenvalue weighted by Crippen LogP contribution is 2.38. The van der Waals surface area contributed by atoms with Crippen molar-refractivity contribution in [1.82, 2.24) is 20.0 Å². The lowest BCUT2D eigenvalue weighted by Crippen LogP contribution is -2.36. The Hall–Kier alpha value is -2.86. The predicted octanol–water partition coefficient (Wildman–Crippen LogP) is 4.39. The van der Waals surface area contributed by atoms with Gasteiger partial charge in [0.25, 0.3) is 0 Å². The summed E-state index contributed by atoms with van der Waals surface area (Å²) in [4.78, 5) is 12.9. The summed E-state index contributed by atoms with van der Waals surface area (Å²) in [6.07, 6.45) is 15.5. The van der Waals surface area contributed by atoms with E-state index in [1.165, 1.54) is 22.4 Å². The molecule has 0 radical (unpaired) electrons. The fraction of sp³-hybridized carbons (Fsp3) is 0.500. The zero-order valence-corrected chi connectivity index (χ0v) is 20.8. The van der Waals surface area contributed by atoms with Gasteiger partial charge in [-0.15, -0.1) is 0 Å². The van der Waals surface area contributed by atoms with Gasteiger partial charge in [-0.25, -0.2) is 0 Å². The van der Waals surface area contributed by atoms with Crippen molar-refractivity contribution >= 4 is 12.5 Å². The number of ether oxygens (including phenoxy) is 1. The Morgan fingerprint density at radius 2 is 2.06 bits per heavy atom. The number of benzene rings is 1. The second-order valence-electron chi connectivity index (χ2n) is 10.1. The summed E-state index contributed by atoms with van der Waals surface area (Å²) in [5.41, 5.74) is 5.01. The van der Waals surface area contributed by atoms with Crippen LogP contribution in [0.2, 0.25) is 0 Å². The van der Waals surface area contributed by atoms with Gasteiger partial charge in [0.1, 0.15) is 11.4 Å². The average molecular weight is 463 g/mol. The summed E-state index contributed by atoms with van der Waals surface area (Å²) < 4.78 is 8.15. The number of rotatable bonds is 6. The number of hydrogen-bond acceptors (Lipinski definition) is 4. The number of aryl methyl sites for hydroxylation is 1. The molecule has 0 spiro atoms. The van der Waals surface area contributed by atoms with Gasteiger partial charge in [0, 0.05) is 49.8 Å². The second-order valence-corrected chi connectivity index (χ2v) is 10.1. The lowest BCUT2D eigenvalue weighted by atomic mass is 9.96. The van der Waals surface area contributed by atoms with Crippen molar-refractivity contribution in [2.75, 3.05) is 19.6 Å². The van der Waals surface area contributed by atoms with E-state index in [-0.39, 0.29) is 5.60 Å². The van der Waals surface area contributed by atoms with Crippen molar-refractivity contribution in [3.8, 4) is 5.75 Å². The number of carbonyl (C=O) groups is 1. The first kappa shape index (κ1) is 24.3. The highest BCUT2D eigenvalue weighted by Gasteiger charge is 2.32. The summed E-state index contributed by atoms with van der Waals surface area (Å²) in [5.74, 6) is 1.73. The Balaban J connectivity index is 0.000000192. The van der Waals surface area contributed by atoms with Crippen LogP contribution in [0.15, 0.2) is 42.6 Å². The van der Waals surface area contributed by atoms with E-state index in [0.717, 1.165) is 70.6 Å². The van der Waals surface area contributed by atoms with E-state index >= 15 is 0 Å². The molecular formula is C28H38N4O2. The fourth-order valence-corrected chi connectivity index (χ4v) is 4.96. The number of amides is 1. The molecule has 1 fully saturated rings. The fourth-order valence-electron chi connectivity index (χ4n) is 4.96. The molecule has 1 amide bonds. The maximum atomic E-state index is 10.4. The Kier molecular flexibility index (Phi) is 7.88. The number of likely N-dealkylation sites (tertiary alicyclic amines) is 1. The van der Waals surface area contributed by atoms with Crippen LogP contribution in [0.3, 0.4) is 0 Å². The van der Waals surface area contributed by atoms with Crippen LogP contribution in [-0.2, 0) is 30.7 Å². The molecule has 5 rings (SSSR count). The van der Waals surface area contributed by atoms with Crippen LogP contribution in [0.25, 0.3) is 6.08 Å². The minimum atomic E-state index is -0.0775. The first-order valence-electron chi connectivity index (χ1n) is 12.6. The summed E-state index contributed by atoms with van der Waals surface area (Å²) in [7, 11) is 0. The Bertz CT molecular complexity index is 1030. The number of nitrogens with zero attached hydrogens (tertiary/aromatic N) is 3. The zero-order valence-electron chi connectivity index (χ0n) is 20.8. The summed E-state index contributed by atoms with van der Waals surface area (Å²) in [5, 5.41) is 7.25. The molecule has 0 saturated carbocycles. The van der Waals surface area contributed by atoms with Gasteiger partial charge in [-0.3, -0.25) is 14.4 Å². The molecule has 182 valence electrons. The number of nitrogens with one attached hydrogen (secondary N) is 1. The third kappa shape index (κ3) is 6.17. The van der Waals surface area contributed by atoms with E-state index in [1.54, 1.807) is 0 Å². The van der Waals surface area contributed by atoms with Crippen LogP contribution in [0.1, 0.15) is 56.0 Å². The van der Waals surface area contributed by atoms with Crippen molar-refractivity contribution in [2.24, 2.45) is 5.92 Å². The van der Waals surface area contributed by atoms with Gasteiger partial charge in [0.15, 0.2) is 0 Å². The van der Waals surface area contributed by atoms with Crippen LogP contribution in [-0.4, -0.2) is 46.3 Å². The highest BCUT2D eigenvalue weighted by atomic mass is 16.5. The normalized spacial score (nSPS) is 18.8. The topological polar surface area (TPSA) is 59.4 Å². The van der Waals surface area contributed by atoms with Crippen LogP contribution in [0, 0.1) is 5.92 Å². The SMILES string of the molecule is CC1(C)Cc2cccc(CN3CCC(CNC=O)CC3)c2O1.CCn1cc2c(n1)CC=CC=C2. The number of fused-ring (bicyclic) bond motifs is 2. The smallest absolute Gasteiger partial charge is 0.207 e. The van der Waals surface area contributed by atoms with Crippen molar-refractivity contribution in [2.45, 2.75) is 65.1 Å². The van der Waals surface area contributed by atoms with Gasteiger partial charge >= 0.3 is 0 Å². The van der Waals surface area contributed by atoms with E-state index in [4.69, 9.17) is 4.74 Å². The summed E-state index contributed by atoms with van der Waals surface area (Å²) in [6.45, 7) is 11.3. The maximum absolute atomic E-state index is 10.4. The van der Waals surface area contributed by atoms with Crippen molar-refractivity contribution in [1.29, 1.82) is 0 Å². The second kappa shape index (κ2) is 11.0. The third-order valence-electron chi connectivity index (χ3n) is 6.79. The van der Waals surface area contributed by atoms with Crippen LogP contribution < -0.4 is 10.1 Å². The lowest BCUT2D eigenvalue weighted by molar-refractivity contribution is -0.109. The zero-order chi connectivity index (χ0) is 24.0. The van der Waals surface area contributed by atoms with Crippen LogP contribution >= 0.6 is 0 Å². The molecule has 1 aliphatic carbocycles. The summed E-state index contributed by atoms with van der Waals surface area (Å²) in [6, 6.07) is 6.53. The van der Waals surface area contributed by atoms with E-state index in [2.05, 4.69) is 84.8 Å². The van der Waals surface area contributed by atoms with E-state index in [1.807, 2.05) is 4.68 Å². The van der Waals surface area contributed by atoms with E-state index < -0.39 is 0 Å². The molecule has 0 bridgehead atoms. The van der Waals surface area contributed by atoms with Gasteiger partial charge in [-0.1, -0.05) is 42.5 Å². The average Bonchev–Trinajstić information content (AvgIpc) is 3.30. The monoisotopic (exact) mass is 462 g/mol. The molecular weight excluding hydrogens is 424 g/mol. The molecule has 2 aliphatic heterocycles. The molecule has 1 aromatic carbocycles. The lowest BCUT2D eigenvalue weighted by Gasteiger charge is -2.32. The molecule has 1 N–H and O–H groups in total. The molecule has 3 aliphatic rings. The standard InChI is InChI=1S/C18H26N2O2.C10H12N2/c1-18(2)10-15-4-3-5-16(17(15)22-18)12-20-8-6-14(7-9-20)11-19-13-21;1-2-12-8-9-6-4-3-5-7-10(9)11-12/h3-5,13-14H,6-12H2,1-2H3,(H,19,21);3-6,8H,2,7H2,1H3. The minimum Gasteiger partial charge on any atom is -0.487 e. The van der Waals surface area contributed by atoms with Crippen molar-refractivity contribution < 1.29 is 9.53 Å². The van der Waals surface area contributed by atoms with Crippen molar-refractivity contribution in [3.05, 3.63) is 65.0 Å². The molecule has 3 heterocycles. The number of hydrogen-bond donors (Lipinski definition) is 1. The number of para-hydroxylation sites is 1. The number of allylic oxidation sites excluding steroid dienone is 3. The van der Waals surface area contributed by atoms with E-state index in [0.29, 0.717) is 5.92 Å². The maximum Gasteiger partial charge on any atom is 0.207 e. The van der Waals surface area contributed by atoms with Crippen LogP contribution in [0.5, 0.6) is 5.75 Å². The van der Waals surface area contributed by atoms with Gasteiger partial charge < -0.3 is 10.1 Å². The Labute approximate surface area is 203 Å². The van der Waals surface area contributed by atoms with Gasteiger partial charge in [0.05, 0.1) is 5.69 Å². The minimum absolute atomic E-state index is 0.0775. The van der Waals surface area contributed by atoms with Crippen molar-refractivity contribution in [3.63, 3.8) is 0 Å². The highest BCUT2D eigenvalue weighted by molar-refractivity contribution is 5.54. The Morgan fingerprint density at radius 3 is 2.82 bits per heavy atom. The molecule has 0 atom stereocenters. The molecule has 1 aromatic heterocycles. The quantitative estimate of drug-likeness (QED) is 0.647. The molecule has 0 unspecified atom stereocenters.